The second kappa shape index (κ2) is 5.55. The lowest BCUT2D eigenvalue weighted by Gasteiger charge is -2.50. The van der Waals surface area contributed by atoms with Crippen LogP contribution in [0.5, 0.6) is 0 Å². The fraction of sp³-hybridized carbons (Fsp3) is 0.923. The monoisotopic (exact) mass is 229 g/mol. The summed E-state index contributed by atoms with van der Waals surface area (Å²) in [5.74, 6) is 0. The fourth-order valence-electron chi connectivity index (χ4n) is 2.66. The molecule has 0 aromatic carbocycles. The van der Waals surface area contributed by atoms with E-state index in [1.807, 2.05) is 0 Å². The highest BCUT2D eigenvalue weighted by atomic mass is 16.4. The normalized spacial score (nSPS) is 18.6. The van der Waals surface area contributed by atoms with Gasteiger partial charge in [-0.2, -0.15) is 0 Å². The third-order valence-corrected chi connectivity index (χ3v) is 4.60. The summed E-state index contributed by atoms with van der Waals surface area (Å²) in [6.45, 7) is 10.7. The smallest absolute Gasteiger partial charge is 0.407 e. The lowest BCUT2D eigenvalue weighted by atomic mass is 9.65. The largest absolute Gasteiger partial charge is 0.465 e. The summed E-state index contributed by atoms with van der Waals surface area (Å²) in [5.41, 5.74) is -0.243. The Labute approximate surface area is 99.8 Å². The molecule has 1 amide bonds. The van der Waals surface area contributed by atoms with Crippen LogP contribution >= 0.6 is 0 Å². The first-order valence-electron chi connectivity index (χ1n) is 6.25. The van der Waals surface area contributed by atoms with Crippen molar-refractivity contribution in [1.82, 2.24) is 4.90 Å². The van der Waals surface area contributed by atoms with Gasteiger partial charge < -0.3 is 10.0 Å². The van der Waals surface area contributed by atoms with Gasteiger partial charge in [-0.1, -0.05) is 34.1 Å². The Morgan fingerprint density at radius 3 is 1.94 bits per heavy atom. The number of hydrogen-bond donors (Lipinski definition) is 1. The average molecular weight is 229 g/mol. The van der Waals surface area contributed by atoms with Crippen molar-refractivity contribution in [2.75, 3.05) is 7.05 Å². The van der Waals surface area contributed by atoms with Crippen LogP contribution in [0.15, 0.2) is 0 Å². The number of hydrogen-bond acceptors (Lipinski definition) is 1. The molecule has 0 saturated carbocycles. The fourth-order valence-corrected chi connectivity index (χ4v) is 2.66. The topological polar surface area (TPSA) is 40.5 Å². The van der Waals surface area contributed by atoms with Crippen molar-refractivity contribution < 1.29 is 9.90 Å². The summed E-state index contributed by atoms with van der Waals surface area (Å²) < 4.78 is 0. The summed E-state index contributed by atoms with van der Waals surface area (Å²) in [5, 5.41) is 9.20. The molecule has 0 heterocycles. The second-order valence-corrected chi connectivity index (χ2v) is 5.13. The van der Waals surface area contributed by atoms with Gasteiger partial charge in [-0.25, -0.2) is 4.79 Å². The van der Waals surface area contributed by atoms with Crippen LogP contribution in [0.3, 0.4) is 0 Å². The standard InChI is InChI=1S/C13H27NO2/c1-7-10-12(4,8-2)13(5,9-3)14(6)11(15)16/h7-10H2,1-6H3,(H,15,16). The maximum absolute atomic E-state index is 11.2. The maximum Gasteiger partial charge on any atom is 0.407 e. The molecular formula is C13H27NO2. The minimum Gasteiger partial charge on any atom is -0.465 e. The minimum absolute atomic E-state index is 0.0453. The first kappa shape index (κ1) is 15.3. The van der Waals surface area contributed by atoms with Gasteiger partial charge in [0.2, 0.25) is 0 Å². The predicted molar refractivity (Wildman–Crippen MR) is 67.8 cm³/mol. The summed E-state index contributed by atoms with van der Waals surface area (Å²) in [7, 11) is 1.69. The van der Waals surface area contributed by atoms with Gasteiger partial charge in [0.05, 0.1) is 0 Å². The van der Waals surface area contributed by atoms with Crippen molar-refractivity contribution in [3.05, 3.63) is 0 Å². The SMILES string of the molecule is CCCC(C)(CC)C(C)(CC)N(C)C(=O)O. The summed E-state index contributed by atoms with van der Waals surface area (Å²) in [6, 6.07) is 0. The van der Waals surface area contributed by atoms with Gasteiger partial charge in [0.15, 0.2) is 0 Å². The Kier molecular flexibility index (Phi) is 5.30. The molecule has 0 aromatic heterocycles. The molecule has 0 saturated heterocycles. The zero-order chi connectivity index (χ0) is 13.0. The Morgan fingerprint density at radius 1 is 1.19 bits per heavy atom. The highest BCUT2D eigenvalue weighted by Crippen LogP contribution is 2.44. The Balaban J connectivity index is 5.26. The zero-order valence-electron chi connectivity index (χ0n) is 11.6. The Morgan fingerprint density at radius 2 is 1.69 bits per heavy atom. The minimum atomic E-state index is -0.833. The summed E-state index contributed by atoms with van der Waals surface area (Å²) in [6.07, 6.45) is 3.17. The molecule has 0 radical (unpaired) electrons. The van der Waals surface area contributed by atoms with Crippen LogP contribution in [0.2, 0.25) is 0 Å². The van der Waals surface area contributed by atoms with E-state index in [2.05, 4.69) is 34.6 Å². The van der Waals surface area contributed by atoms with Crippen LogP contribution in [0, 0.1) is 5.41 Å². The van der Waals surface area contributed by atoms with Crippen LogP contribution in [-0.2, 0) is 0 Å². The quantitative estimate of drug-likeness (QED) is 0.748. The molecule has 3 heteroatoms. The van der Waals surface area contributed by atoms with E-state index in [1.165, 1.54) is 4.90 Å². The Bertz CT molecular complexity index is 242. The van der Waals surface area contributed by atoms with Crippen molar-refractivity contribution in [3.63, 3.8) is 0 Å². The summed E-state index contributed by atoms with van der Waals surface area (Å²) >= 11 is 0. The Hall–Kier alpha value is -0.730. The van der Waals surface area contributed by atoms with E-state index < -0.39 is 6.09 Å². The third kappa shape index (κ3) is 2.50. The molecule has 0 rings (SSSR count). The lowest BCUT2D eigenvalue weighted by Crippen LogP contribution is -2.56. The van der Waals surface area contributed by atoms with Crippen molar-refractivity contribution >= 4 is 6.09 Å². The van der Waals surface area contributed by atoms with Gasteiger partial charge in [-0.15, -0.1) is 0 Å². The zero-order valence-corrected chi connectivity index (χ0v) is 11.6. The average Bonchev–Trinajstić information content (AvgIpc) is 2.26. The molecule has 0 aliphatic heterocycles. The van der Waals surface area contributed by atoms with Gasteiger partial charge >= 0.3 is 6.09 Å². The maximum atomic E-state index is 11.2. The molecule has 2 atom stereocenters. The van der Waals surface area contributed by atoms with Crippen LogP contribution in [-0.4, -0.2) is 28.7 Å². The van der Waals surface area contributed by atoms with E-state index in [9.17, 15) is 9.90 Å². The van der Waals surface area contributed by atoms with E-state index in [0.717, 1.165) is 25.7 Å². The molecule has 2 unspecified atom stereocenters. The van der Waals surface area contributed by atoms with Crippen molar-refractivity contribution in [1.29, 1.82) is 0 Å². The molecule has 0 fully saturated rings. The molecule has 0 spiro atoms. The van der Waals surface area contributed by atoms with Gasteiger partial charge in [-0.3, -0.25) is 0 Å². The van der Waals surface area contributed by atoms with Crippen molar-refractivity contribution in [2.24, 2.45) is 5.41 Å². The van der Waals surface area contributed by atoms with E-state index >= 15 is 0 Å². The molecule has 0 bridgehead atoms. The van der Waals surface area contributed by atoms with Crippen LogP contribution in [0.4, 0.5) is 4.79 Å². The highest BCUT2D eigenvalue weighted by molar-refractivity contribution is 5.65. The first-order valence-corrected chi connectivity index (χ1v) is 6.25. The first-order chi connectivity index (χ1) is 7.29. The van der Waals surface area contributed by atoms with Gasteiger partial charge in [0.25, 0.3) is 0 Å². The molecule has 3 nitrogen and oxygen atoms in total. The molecule has 0 aliphatic rings. The predicted octanol–water partition coefficient (Wildman–Crippen LogP) is 3.98. The lowest BCUT2D eigenvalue weighted by molar-refractivity contribution is -0.000989. The van der Waals surface area contributed by atoms with E-state index in [4.69, 9.17) is 0 Å². The number of carboxylic acid groups (broad SMARTS) is 1. The summed E-state index contributed by atoms with van der Waals surface area (Å²) in [4.78, 5) is 12.7. The van der Waals surface area contributed by atoms with E-state index in [1.54, 1.807) is 7.05 Å². The van der Waals surface area contributed by atoms with Crippen LogP contribution in [0.25, 0.3) is 0 Å². The van der Waals surface area contributed by atoms with Crippen LogP contribution in [0.1, 0.15) is 60.3 Å². The molecule has 16 heavy (non-hydrogen) atoms. The van der Waals surface area contributed by atoms with Crippen molar-refractivity contribution in [2.45, 2.75) is 65.8 Å². The molecule has 0 aromatic rings. The number of nitrogens with zero attached hydrogens (tertiary/aromatic N) is 1. The molecular weight excluding hydrogens is 202 g/mol. The van der Waals surface area contributed by atoms with Crippen molar-refractivity contribution in [3.8, 4) is 0 Å². The van der Waals surface area contributed by atoms with Crippen LogP contribution < -0.4 is 0 Å². The van der Waals surface area contributed by atoms with Gasteiger partial charge in [0.1, 0.15) is 0 Å². The van der Waals surface area contributed by atoms with E-state index in [-0.39, 0.29) is 11.0 Å². The number of amides is 1. The molecule has 0 aliphatic carbocycles. The molecule has 1 N–H and O–H groups in total. The van der Waals surface area contributed by atoms with Gasteiger partial charge in [-0.05, 0) is 31.6 Å². The van der Waals surface area contributed by atoms with Gasteiger partial charge in [0, 0.05) is 12.6 Å². The van der Waals surface area contributed by atoms with E-state index in [0.29, 0.717) is 0 Å². The second-order valence-electron chi connectivity index (χ2n) is 5.13. The highest BCUT2D eigenvalue weighted by Gasteiger charge is 2.45. The number of carbonyl (C=O) groups is 1. The third-order valence-electron chi connectivity index (χ3n) is 4.60. The number of rotatable bonds is 6. The molecule has 96 valence electrons.